The molecule has 1 aliphatic heterocycles. The van der Waals surface area contributed by atoms with Crippen LogP contribution in [0.3, 0.4) is 0 Å². The number of hydrogen-bond acceptors (Lipinski definition) is 2. The Morgan fingerprint density at radius 2 is 2.08 bits per heavy atom. The predicted molar refractivity (Wildman–Crippen MR) is 52.8 cm³/mol. The van der Waals surface area contributed by atoms with Gasteiger partial charge in [-0.2, -0.15) is 0 Å². The third kappa shape index (κ3) is 2.02. The molecule has 1 aromatic rings. The van der Waals surface area contributed by atoms with Crippen molar-refractivity contribution < 1.29 is 4.74 Å². The van der Waals surface area contributed by atoms with Crippen molar-refractivity contribution in [3.8, 4) is 0 Å². The zero-order chi connectivity index (χ0) is 9.26. The van der Waals surface area contributed by atoms with Crippen LogP contribution in [0.15, 0.2) is 24.3 Å². The zero-order valence-electron chi connectivity index (χ0n) is 7.53. The summed E-state index contributed by atoms with van der Waals surface area (Å²) in [7, 11) is 2.05. The number of rotatable bonds is 1. The van der Waals surface area contributed by atoms with Crippen molar-refractivity contribution in [2.75, 3.05) is 20.3 Å². The molecule has 1 heterocycles. The smallest absolute Gasteiger partial charge is 0.0997 e. The van der Waals surface area contributed by atoms with Gasteiger partial charge in [0.15, 0.2) is 0 Å². The Morgan fingerprint density at radius 1 is 1.38 bits per heavy atom. The van der Waals surface area contributed by atoms with E-state index in [9.17, 15) is 0 Å². The average molecular weight is 198 g/mol. The monoisotopic (exact) mass is 197 g/mol. The zero-order valence-corrected chi connectivity index (χ0v) is 8.29. The van der Waals surface area contributed by atoms with Crippen molar-refractivity contribution in [3.63, 3.8) is 0 Å². The van der Waals surface area contributed by atoms with Crippen LogP contribution in [-0.2, 0) is 4.74 Å². The molecule has 2 rings (SSSR count). The van der Waals surface area contributed by atoms with Gasteiger partial charge < -0.3 is 4.74 Å². The third-order valence-corrected chi connectivity index (χ3v) is 2.47. The quantitative estimate of drug-likeness (QED) is 0.685. The molecule has 1 aliphatic rings. The van der Waals surface area contributed by atoms with E-state index in [1.807, 2.05) is 24.3 Å². The van der Waals surface area contributed by atoms with Gasteiger partial charge in [0.1, 0.15) is 0 Å². The minimum atomic E-state index is 0.210. The topological polar surface area (TPSA) is 12.5 Å². The van der Waals surface area contributed by atoms with E-state index in [0.29, 0.717) is 6.73 Å². The minimum Gasteiger partial charge on any atom is -0.357 e. The summed E-state index contributed by atoms with van der Waals surface area (Å²) in [6.45, 7) is 1.68. The van der Waals surface area contributed by atoms with E-state index in [1.165, 1.54) is 5.56 Å². The fourth-order valence-corrected chi connectivity index (χ4v) is 1.61. The van der Waals surface area contributed by atoms with E-state index < -0.39 is 0 Å². The highest BCUT2D eigenvalue weighted by atomic mass is 35.5. The minimum absolute atomic E-state index is 0.210. The molecule has 1 fully saturated rings. The van der Waals surface area contributed by atoms with Gasteiger partial charge >= 0.3 is 0 Å². The van der Waals surface area contributed by atoms with Gasteiger partial charge in [-0.05, 0) is 24.7 Å². The summed E-state index contributed by atoms with van der Waals surface area (Å²) in [5, 5.41) is 0.773. The Kier molecular flexibility index (Phi) is 2.54. The first-order valence-electron chi connectivity index (χ1n) is 4.31. The van der Waals surface area contributed by atoms with E-state index >= 15 is 0 Å². The number of likely N-dealkylation sites (N-methyl/N-ethyl adjacent to an activating group) is 1. The van der Waals surface area contributed by atoms with E-state index in [1.54, 1.807) is 0 Å². The molecule has 70 valence electrons. The van der Waals surface area contributed by atoms with Gasteiger partial charge in [-0.3, -0.25) is 4.90 Å². The first-order valence-corrected chi connectivity index (χ1v) is 4.69. The molecule has 0 radical (unpaired) electrons. The summed E-state index contributed by atoms with van der Waals surface area (Å²) in [6.07, 6.45) is 0.210. The Balaban J connectivity index is 2.13. The SMILES string of the molecule is CN1COC(c2ccc(Cl)cc2)C1. The highest BCUT2D eigenvalue weighted by Gasteiger charge is 2.21. The van der Waals surface area contributed by atoms with Crippen LogP contribution in [-0.4, -0.2) is 25.2 Å². The van der Waals surface area contributed by atoms with Crippen LogP contribution in [0.2, 0.25) is 5.02 Å². The standard InChI is InChI=1S/C10H12ClNO/c1-12-6-10(13-7-12)8-2-4-9(11)5-3-8/h2-5,10H,6-7H2,1H3. The molecule has 2 nitrogen and oxygen atoms in total. The molecule has 0 spiro atoms. The lowest BCUT2D eigenvalue weighted by Gasteiger charge is -2.08. The van der Waals surface area contributed by atoms with Crippen LogP contribution in [0.5, 0.6) is 0 Å². The predicted octanol–water partition coefficient (Wildman–Crippen LogP) is 2.30. The molecule has 0 saturated carbocycles. The van der Waals surface area contributed by atoms with Gasteiger partial charge in [0.05, 0.1) is 12.8 Å². The normalized spacial score (nSPS) is 23.7. The van der Waals surface area contributed by atoms with Crippen LogP contribution < -0.4 is 0 Å². The molecule has 1 atom stereocenters. The second kappa shape index (κ2) is 3.66. The van der Waals surface area contributed by atoms with Crippen molar-refractivity contribution in [2.45, 2.75) is 6.10 Å². The number of ether oxygens (including phenoxy) is 1. The van der Waals surface area contributed by atoms with Crippen LogP contribution in [0.4, 0.5) is 0 Å². The maximum atomic E-state index is 5.80. The molecule has 0 N–H and O–H groups in total. The maximum absolute atomic E-state index is 5.80. The van der Waals surface area contributed by atoms with Crippen LogP contribution in [0.25, 0.3) is 0 Å². The Labute approximate surface area is 83.1 Å². The fourth-order valence-electron chi connectivity index (χ4n) is 1.48. The van der Waals surface area contributed by atoms with Crippen molar-refractivity contribution in [1.82, 2.24) is 4.90 Å². The van der Waals surface area contributed by atoms with Crippen molar-refractivity contribution in [2.24, 2.45) is 0 Å². The maximum Gasteiger partial charge on any atom is 0.0997 e. The van der Waals surface area contributed by atoms with E-state index in [4.69, 9.17) is 16.3 Å². The van der Waals surface area contributed by atoms with E-state index in [0.717, 1.165) is 11.6 Å². The lowest BCUT2D eigenvalue weighted by atomic mass is 10.1. The number of hydrogen-bond donors (Lipinski definition) is 0. The van der Waals surface area contributed by atoms with Gasteiger partial charge in [-0.15, -0.1) is 0 Å². The second-order valence-electron chi connectivity index (χ2n) is 3.37. The fraction of sp³-hybridized carbons (Fsp3) is 0.400. The van der Waals surface area contributed by atoms with E-state index in [-0.39, 0.29) is 6.10 Å². The molecule has 1 saturated heterocycles. The van der Waals surface area contributed by atoms with Crippen molar-refractivity contribution in [1.29, 1.82) is 0 Å². The molecular weight excluding hydrogens is 186 g/mol. The lowest BCUT2D eigenvalue weighted by Crippen LogP contribution is -2.13. The van der Waals surface area contributed by atoms with Gasteiger partial charge in [-0.25, -0.2) is 0 Å². The Morgan fingerprint density at radius 3 is 2.62 bits per heavy atom. The largest absolute Gasteiger partial charge is 0.357 e. The summed E-state index contributed by atoms with van der Waals surface area (Å²) >= 11 is 5.80. The highest BCUT2D eigenvalue weighted by Crippen LogP contribution is 2.24. The number of nitrogens with zero attached hydrogens (tertiary/aromatic N) is 1. The number of halogens is 1. The molecule has 13 heavy (non-hydrogen) atoms. The van der Waals surface area contributed by atoms with Crippen molar-refractivity contribution >= 4 is 11.6 Å². The molecule has 0 aromatic heterocycles. The lowest BCUT2D eigenvalue weighted by molar-refractivity contribution is 0.0956. The second-order valence-corrected chi connectivity index (χ2v) is 3.81. The van der Waals surface area contributed by atoms with Gasteiger partial charge in [0.2, 0.25) is 0 Å². The summed E-state index contributed by atoms with van der Waals surface area (Å²) in [5.74, 6) is 0. The molecule has 1 aromatic carbocycles. The summed E-state index contributed by atoms with van der Waals surface area (Å²) in [6, 6.07) is 7.84. The molecule has 0 bridgehead atoms. The first kappa shape index (κ1) is 9.00. The van der Waals surface area contributed by atoms with E-state index in [2.05, 4.69) is 11.9 Å². The van der Waals surface area contributed by atoms with Crippen molar-refractivity contribution in [3.05, 3.63) is 34.9 Å². The van der Waals surface area contributed by atoms with Gasteiger partial charge in [0.25, 0.3) is 0 Å². The summed E-state index contributed by atoms with van der Waals surface area (Å²) < 4.78 is 5.57. The molecule has 0 aliphatic carbocycles. The summed E-state index contributed by atoms with van der Waals surface area (Å²) in [5.41, 5.74) is 1.20. The third-order valence-electron chi connectivity index (χ3n) is 2.22. The number of benzene rings is 1. The van der Waals surface area contributed by atoms with Gasteiger partial charge in [0, 0.05) is 11.6 Å². The average Bonchev–Trinajstić information content (AvgIpc) is 2.53. The summed E-state index contributed by atoms with van der Waals surface area (Å²) in [4.78, 5) is 2.15. The molecule has 1 unspecified atom stereocenters. The Hall–Kier alpha value is -0.570. The Bertz CT molecular complexity index is 285. The van der Waals surface area contributed by atoms with Crippen LogP contribution in [0, 0.1) is 0 Å². The van der Waals surface area contributed by atoms with Crippen LogP contribution >= 0.6 is 11.6 Å². The first-order chi connectivity index (χ1) is 6.25. The van der Waals surface area contributed by atoms with Crippen LogP contribution in [0.1, 0.15) is 11.7 Å². The van der Waals surface area contributed by atoms with Gasteiger partial charge in [-0.1, -0.05) is 23.7 Å². The molecule has 3 heteroatoms. The molecule has 0 amide bonds. The molecular formula is C10H12ClNO. The highest BCUT2D eigenvalue weighted by molar-refractivity contribution is 6.30.